The Hall–Kier alpha value is -0.590. The number of aliphatic hydroxyl groups is 1. The minimum atomic E-state index is -0.419. The maximum atomic E-state index is 9.21. The average Bonchev–Trinajstić information content (AvgIpc) is 2.36. The average molecular weight is 154 g/mol. The largest absolute Gasteiger partial charge is 0.392 e. The molecule has 1 N–H and O–H groups in total. The predicted molar refractivity (Wildman–Crippen MR) is 41.9 cm³/mol. The number of hydrogen-bond acceptors (Lipinski definition) is 3. The Kier molecular flexibility index (Phi) is 2.17. The standard InChI is InChI=1S/C8H14N2O/c1-8(2,6-9)10-4-3-7(11)5-10/h7,11H,3-5H2,1-2H3/t7-/m0/s1. The normalized spacial score (nSPS) is 26.9. The molecule has 0 aromatic carbocycles. The van der Waals surface area contributed by atoms with E-state index in [-0.39, 0.29) is 6.10 Å². The molecule has 1 aliphatic heterocycles. The van der Waals surface area contributed by atoms with Crippen LogP contribution >= 0.6 is 0 Å². The smallest absolute Gasteiger partial charge is 0.103 e. The van der Waals surface area contributed by atoms with Gasteiger partial charge in [0, 0.05) is 13.1 Å². The highest BCUT2D eigenvalue weighted by molar-refractivity contribution is 5.03. The first-order valence-electron chi connectivity index (χ1n) is 3.90. The van der Waals surface area contributed by atoms with Crippen LogP contribution in [-0.2, 0) is 0 Å². The van der Waals surface area contributed by atoms with Gasteiger partial charge in [0.1, 0.15) is 5.54 Å². The molecule has 0 aromatic rings. The second-order valence-electron chi connectivity index (χ2n) is 3.56. The van der Waals surface area contributed by atoms with Gasteiger partial charge in [0.25, 0.3) is 0 Å². The van der Waals surface area contributed by atoms with E-state index in [0.717, 1.165) is 13.0 Å². The molecule has 11 heavy (non-hydrogen) atoms. The van der Waals surface area contributed by atoms with Crippen molar-refractivity contribution < 1.29 is 5.11 Å². The van der Waals surface area contributed by atoms with E-state index in [1.807, 2.05) is 18.7 Å². The molecule has 0 aromatic heterocycles. The van der Waals surface area contributed by atoms with Crippen LogP contribution in [0, 0.1) is 11.3 Å². The first-order valence-corrected chi connectivity index (χ1v) is 3.90. The quantitative estimate of drug-likeness (QED) is 0.593. The predicted octanol–water partition coefficient (Wildman–Crippen LogP) is 0.355. The summed E-state index contributed by atoms with van der Waals surface area (Å²) in [6.45, 7) is 5.23. The molecular formula is C8H14N2O. The lowest BCUT2D eigenvalue weighted by Crippen LogP contribution is -2.41. The van der Waals surface area contributed by atoms with Crippen molar-refractivity contribution in [2.45, 2.75) is 31.9 Å². The van der Waals surface area contributed by atoms with Gasteiger partial charge in [-0.15, -0.1) is 0 Å². The highest BCUT2D eigenvalue weighted by atomic mass is 16.3. The van der Waals surface area contributed by atoms with Crippen LogP contribution in [0.3, 0.4) is 0 Å². The van der Waals surface area contributed by atoms with Crippen molar-refractivity contribution >= 4 is 0 Å². The summed E-state index contributed by atoms with van der Waals surface area (Å²) < 4.78 is 0. The lowest BCUT2D eigenvalue weighted by atomic mass is 10.1. The van der Waals surface area contributed by atoms with Crippen molar-refractivity contribution in [3.63, 3.8) is 0 Å². The minimum Gasteiger partial charge on any atom is -0.392 e. The monoisotopic (exact) mass is 154 g/mol. The molecule has 1 fully saturated rings. The number of aliphatic hydroxyl groups excluding tert-OH is 1. The fraction of sp³-hybridized carbons (Fsp3) is 0.875. The third kappa shape index (κ3) is 1.70. The lowest BCUT2D eigenvalue weighted by molar-refractivity contribution is 0.147. The Morgan fingerprint density at radius 3 is 2.64 bits per heavy atom. The number of nitrogens with zero attached hydrogens (tertiary/aromatic N) is 2. The third-order valence-corrected chi connectivity index (χ3v) is 2.23. The van der Waals surface area contributed by atoms with Crippen LogP contribution in [0.4, 0.5) is 0 Å². The van der Waals surface area contributed by atoms with Gasteiger partial charge in [-0.3, -0.25) is 4.90 Å². The van der Waals surface area contributed by atoms with Crippen LogP contribution in [0.25, 0.3) is 0 Å². The van der Waals surface area contributed by atoms with Gasteiger partial charge in [0.15, 0.2) is 0 Å². The van der Waals surface area contributed by atoms with Gasteiger partial charge in [-0.2, -0.15) is 5.26 Å². The molecule has 0 bridgehead atoms. The molecule has 1 saturated heterocycles. The summed E-state index contributed by atoms with van der Waals surface area (Å²) in [5.41, 5.74) is -0.419. The van der Waals surface area contributed by atoms with Gasteiger partial charge >= 0.3 is 0 Å². The second kappa shape index (κ2) is 2.80. The molecule has 1 aliphatic rings. The van der Waals surface area contributed by atoms with Gasteiger partial charge in [-0.25, -0.2) is 0 Å². The topological polar surface area (TPSA) is 47.3 Å². The minimum absolute atomic E-state index is 0.234. The zero-order valence-electron chi connectivity index (χ0n) is 7.04. The van der Waals surface area contributed by atoms with E-state index in [1.54, 1.807) is 0 Å². The maximum Gasteiger partial charge on any atom is 0.103 e. The SMILES string of the molecule is CC(C)(C#N)N1CC[C@H](O)C1. The van der Waals surface area contributed by atoms with Crippen LogP contribution in [0.1, 0.15) is 20.3 Å². The summed E-state index contributed by atoms with van der Waals surface area (Å²) in [5, 5.41) is 18.0. The fourth-order valence-electron chi connectivity index (χ4n) is 1.32. The number of β-amino-alcohol motifs (C(OH)–C–C–N with tert-alkyl or cyclic N) is 1. The summed E-state index contributed by atoms with van der Waals surface area (Å²) in [6, 6.07) is 2.22. The number of hydrogen-bond donors (Lipinski definition) is 1. The summed E-state index contributed by atoms with van der Waals surface area (Å²) >= 11 is 0. The van der Waals surface area contributed by atoms with Crippen molar-refractivity contribution in [3.05, 3.63) is 0 Å². The Bertz CT molecular complexity index is 183. The molecular weight excluding hydrogens is 140 g/mol. The zero-order valence-corrected chi connectivity index (χ0v) is 7.04. The van der Waals surface area contributed by atoms with E-state index in [9.17, 15) is 5.11 Å². The molecule has 1 rings (SSSR count). The summed E-state index contributed by atoms with van der Waals surface area (Å²) in [5.74, 6) is 0. The molecule has 1 heterocycles. The van der Waals surface area contributed by atoms with Crippen LogP contribution in [0.15, 0.2) is 0 Å². The third-order valence-electron chi connectivity index (χ3n) is 2.23. The first kappa shape index (κ1) is 8.51. The second-order valence-corrected chi connectivity index (χ2v) is 3.56. The van der Waals surface area contributed by atoms with E-state index in [2.05, 4.69) is 6.07 Å². The molecule has 62 valence electrons. The molecule has 0 amide bonds. The van der Waals surface area contributed by atoms with E-state index in [0.29, 0.717) is 6.54 Å². The van der Waals surface area contributed by atoms with Gasteiger partial charge in [-0.1, -0.05) is 0 Å². The van der Waals surface area contributed by atoms with Gasteiger partial charge in [0.05, 0.1) is 12.2 Å². The van der Waals surface area contributed by atoms with E-state index < -0.39 is 5.54 Å². The van der Waals surface area contributed by atoms with E-state index in [1.165, 1.54) is 0 Å². The Labute approximate surface area is 67.2 Å². The van der Waals surface area contributed by atoms with Crippen LogP contribution in [0.2, 0.25) is 0 Å². The summed E-state index contributed by atoms with van der Waals surface area (Å²) in [4.78, 5) is 2.01. The van der Waals surface area contributed by atoms with Crippen molar-refractivity contribution in [1.29, 1.82) is 5.26 Å². The van der Waals surface area contributed by atoms with Gasteiger partial charge in [0.2, 0.25) is 0 Å². The Morgan fingerprint density at radius 2 is 2.27 bits per heavy atom. The molecule has 3 heteroatoms. The number of likely N-dealkylation sites (tertiary alicyclic amines) is 1. The van der Waals surface area contributed by atoms with Crippen LogP contribution in [-0.4, -0.2) is 34.7 Å². The summed E-state index contributed by atoms with van der Waals surface area (Å²) in [7, 11) is 0. The van der Waals surface area contributed by atoms with Crippen molar-refractivity contribution in [2.24, 2.45) is 0 Å². The molecule has 1 atom stereocenters. The lowest BCUT2D eigenvalue weighted by Gasteiger charge is -2.27. The van der Waals surface area contributed by atoms with E-state index >= 15 is 0 Å². The highest BCUT2D eigenvalue weighted by Crippen LogP contribution is 2.19. The van der Waals surface area contributed by atoms with Gasteiger partial charge in [-0.05, 0) is 20.3 Å². The number of nitriles is 1. The summed E-state index contributed by atoms with van der Waals surface area (Å²) in [6.07, 6.45) is 0.563. The van der Waals surface area contributed by atoms with Crippen LogP contribution < -0.4 is 0 Å². The van der Waals surface area contributed by atoms with Crippen LogP contribution in [0.5, 0.6) is 0 Å². The fourth-order valence-corrected chi connectivity index (χ4v) is 1.32. The van der Waals surface area contributed by atoms with E-state index in [4.69, 9.17) is 5.26 Å². The zero-order chi connectivity index (χ0) is 8.48. The molecule has 0 radical (unpaired) electrons. The highest BCUT2D eigenvalue weighted by Gasteiger charge is 2.32. The Balaban J connectivity index is 2.57. The van der Waals surface area contributed by atoms with Gasteiger partial charge < -0.3 is 5.11 Å². The Morgan fingerprint density at radius 1 is 1.64 bits per heavy atom. The maximum absolute atomic E-state index is 9.21. The van der Waals surface area contributed by atoms with Crippen molar-refractivity contribution in [3.8, 4) is 6.07 Å². The first-order chi connectivity index (χ1) is 5.06. The molecule has 0 aliphatic carbocycles. The van der Waals surface area contributed by atoms with Crippen molar-refractivity contribution in [2.75, 3.05) is 13.1 Å². The molecule has 0 saturated carbocycles. The molecule has 3 nitrogen and oxygen atoms in total. The van der Waals surface area contributed by atoms with Crippen molar-refractivity contribution in [1.82, 2.24) is 4.90 Å². The molecule has 0 spiro atoms. The number of rotatable bonds is 1. The molecule has 0 unspecified atom stereocenters.